The Morgan fingerprint density at radius 2 is 2.16 bits per heavy atom. The van der Waals surface area contributed by atoms with Gasteiger partial charge in [-0.25, -0.2) is 0 Å². The number of fused-ring (bicyclic) bond motifs is 2. The molecule has 3 fully saturated rings. The first-order valence-electron chi connectivity index (χ1n) is 9.37. The summed E-state index contributed by atoms with van der Waals surface area (Å²) in [5.74, 6) is -0.0472. The molecule has 0 amide bonds. The zero-order chi connectivity index (χ0) is 17.9. The molecule has 0 bridgehead atoms. The maximum absolute atomic E-state index is 13.1. The monoisotopic (exact) mass is 348 g/mol. The largest absolute Gasteiger partial charge is 0.472 e. The average molecular weight is 348 g/mol. The van der Waals surface area contributed by atoms with Crippen LogP contribution in [0.25, 0.3) is 0 Å². The molecule has 2 N–H and O–H groups in total. The van der Waals surface area contributed by atoms with Crippen molar-refractivity contribution < 1.29 is 24.2 Å². The van der Waals surface area contributed by atoms with Crippen LogP contribution in [-0.2, 0) is 16.0 Å². The van der Waals surface area contributed by atoms with Gasteiger partial charge in [-0.1, -0.05) is 13.8 Å². The fourth-order valence-corrected chi connectivity index (χ4v) is 5.88. The predicted molar refractivity (Wildman–Crippen MR) is 90.9 cm³/mol. The fourth-order valence-electron chi connectivity index (χ4n) is 5.88. The summed E-state index contributed by atoms with van der Waals surface area (Å²) in [6.45, 7) is 4.58. The molecule has 2 aliphatic carbocycles. The van der Waals surface area contributed by atoms with Crippen molar-refractivity contribution in [3.63, 3.8) is 0 Å². The zero-order valence-electron chi connectivity index (χ0n) is 15.0. The van der Waals surface area contributed by atoms with Crippen LogP contribution in [0, 0.1) is 22.7 Å². The van der Waals surface area contributed by atoms with Gasteiger partial charge in [0.2, 0.25) is 0 Å². The molecule has 1 aliphatic heterocycles. The number of aryl methyl sites for hydroxylation is 1. The average Bonchev–Trinajstić information content (AvgIpc) is 3.17. The summed E-state index contributed by atoms with van der Waals surface area (Å²) in [4.78, 5) is 13.1. The Bertz CT molecular complexity index is 649. The van der Waals surface area contributed by atoms with Crippen molar-refractivity contribution in [3.8, 4) is 0 Å². The first kappa shape index (κ1) is 17.3. The molecule has 1 spiro atoms. The van der Waals surface area contributed by atoms with Gasteiger partial charge in [0.05, 0.1) is 37.3 Å². The van der Waals surface area contributed by atoms with Gasteiger partial charge in [0, 0.05) is 12.3 Å². The molecule has 0 radical (unpaired) electrons. The van der Waals surface area contributed by atoms with Gasteiger partial charge in [-0.3, -0.25) is 4.79 Å². The summed E-state index contributed by atoms with van der Waals surface area (Å²) in [6, 6.07) is 1.96. The standard InChI is InChI=1S/C20H28O5/c1-13-9-16(23)20(11-21)17(15(22)4-7-19(20)12-25-19)18(13,2)6-3-14-5-8-24-10-14/h5,8,10,13,15,17,21-22H,3-4,6-7,9,11-12H2,1-2H3. The van der Waals surface area contributed by atoms with Crippen molar-refractivity contribution in [2.75, 3.05) is 13.2 Å². The third-order valence-corrected chi connectivity index (χ3v) is 7.67. The first-order valence-corrected chi connectivity index (χ1v) is 9.37. The minimum absolute atomic E-state index is 0.0736. The lowest BCUT2D eigenvalue weighted by atomic mass is 9.43. The summed E-state index contributed by atoms with van der Waals surface area (Å²) in [5.41, 5.74) is -0.628. The smallest absolute Gasteiger partial charge is 0.145 e. The number of epoxide rings is 1. The van der Waals surface area contributed by atoms with E-state index < -0.39 is 17.1 Å². The van der Waals surface area contributed by atoms with E-state index in [1.165, 1.54) is 0 Å². The number of carbonyl (C=O) groups is 1. The van der Waals surface area contributed by atoms with Gasteiger partial charge < -0.3 is 19.4 Å². The minimum atomic E-state index is -0.956. The van der Waals surface area contributed by atoms with Crippen LogP contribution in [0.3, 0.4) is 0 Å². The Labute approximate surface area is 148 Å². The molecule has 1 aromatic heterocycles. The highest BCUT2D eigenvalue weighted by Crippen LogP contribution is 2.66. The van der Waals surface area contributed by atoms with E-state index in [0.29, 0.717) is 25.9 Å². The maximum atomic E-state index is 13.1. The molecule has 6 atom stereocenters. The maximum Gasteiger partial charge on any atom is 0.145 e. The van der Waals surface area contributed by atoms with E-state index in [2.05, 4.69) is 13.8 Å². The molecule has 1 aromatic rings. The highest BCUT2D eigenvalue weighted by molar-refractivity contribution is 5.89. The summed E-state index contributed by atoms with van der Waals surface area (Å²) in [5, 5.41) is 21.3. The van der Waals surface area contributed by atoms with Gasteiger partial charge in [-0.15, -0.1) is 0 Å². The molecule has 2 saturated carbocycles. The number of furan rings is 1. The molecule has 5 heteroatoms. The van der Waals surface area contributed by atoms with E-state index in [4.69, 9.17) is 9.15 Å². The number of aliphatic hydroxyl groups excluding tert-OH is 2. The molecule has 138 valence electrons. The predicted octanol–water partition coefficient (Wildman–Crippen LogP) is 2.35. The normalized spacial score (nSPS) is 46.2. The van der Waals surface area contributed by atoms with E-state index in [9.17, 15) is 15.0 Å². The molecule has 6 unspecified atom stereocenters. The number of hydrogen-bond donors (Lipinski definition) is 2. The van der Waals surface area contributed by atoms with Crippen molar-refractivity contribution in [2.24, 2.45) is 22.7 Å². The summed E-state index contributed by atoms with van der Waals surface area (Å²) in [7, 11) is 0. The number of ketones is 1. The number of carbonyl (C=O) groups excluding carboxylic acids is 1. The van der Waals surface area contributed by atoms with E-state index >= 15 is 0 Å². The number of Topliss-reactive ketones (excluding diaryl/α,β-unsaturated/α-hetero) is 1. The molecule has 1 saturated heterocycles. The van der Waals surface area contributed by atoms with Gasteiger partial charge in [0.1, 0.15) is 11.4 Å². The SMILES string of the molecule is CC1CC(=O)C2(CO)C(C(O)CCC23CO3)C1(C)CCc1ccoc1. The second kappa shape index (κ2) is 5.66. The molecule has 5 nitrogen and oxygen atoms in total. The second-order valence-electron chi connectivity index (χ2n) is 8.66. The highest BCUT2D eigenvalue weighted by atomic mass is 16.6. The Hall–Kier alpha value is -1.17. The van der Waals surface area contributed by atoms with Gasteiger partial charge in [0.25, 0.3) is 0 Å². The van der Waals surface area contributed by atoms with Crippen LogP contribution in [0.5, 0.6) is 0 Å². The summed E-state index contributed by atoms with van der Waals surface area (Å²) in [6.07, 6.45) is 6.26. The van der Waals surface area contributed by atoms with Crippen LogP contribution < -0.4 is 0 Å². The number of aliphatic hydroxyl groups is 2. The lowest BCUT2D eigenvalue weighted by molar-refractivity contribution is -0.197. The van der Waals surface area contributed by atoms with E-state index in [-0.39, 0.29) is 29.6 Å². The highest BCUT2D eigenvalue weighted by Gasteiger charge is 2.75. The zero-order valence-corrected chi connectivity index (χ0v) is 15.0. The Morgan fingerprint density at radius 3 is 2.76 bits per heavy atom. The van der Waals surface area contributed by atoms with Gasteiger partial charge in [0.15, 0.2) is 0 Å². The Morgan fingerprint density at radius 1 is 1.40 bits per heavy atom. The molecular formula is C20H28O5. The van der Waals surface area contributed by atoms with Crippen LogP contribution in [0.4, 0.5) is 0 Å². The third-order valence-electron chi connectivity index (χ3n) is 7.67. The van der Waals surface area contributed by atoms with Crippen molar-refractivity contribution in [2.45, 2.75) is 57.7 Å². The van der Waals surface area contributed by atoms with Crippen molar-refractivity contribution in [1.82, 2.24) is 0 Å². The molecule has 0 aromatic carbocycles. The number of hydrogen-bond acceptors (Lipinski definition) is 5. The third kappa shape index (κ3) is 2.22. The molecule has 3 aliphatic rings. The van der Waals surface area contributed by atoms with Crippen molar-refractivity contribution >= 4 is 5.78 Å². The van der Waals surface area contributed by atoms with Crippen LogP contribution >= 0.6 is 0 Å². The quantitative estimate of drug-likeness (QED) is 0.816. The molecular weight excluding hydrogens is 320 g/mol. The van der Waals surface area contributed by atoms with Gasteiger partial charge in [-0.05, 0) is 48.6 Å². The van der Waals surface area contributed by atoms with Gasteiger partial charge >= 0.3 is 0 Å². The van der Waals surface area contributed by atoms with E-state index in [0.717, 1.165) is 18.4 Å². The molecule has 2 heterocycles. The topological polar surface area (TPSA) is 83.2 Å². The summed E-state index contributed by atoms with van der Waals surface area (Å²) >= 11 is 0. The first-order chi connectivity index (χ1) is 11.9. The van der Waals surface area contributed by atoms with Crippen LogP contribution in [0.1, 0.15) is 45.1 Å². The Balaban J connectivity index is 1.74. The number of ether oxygens (including phenoxy) is 1. The van der Waals surface area contributed by atoms with E-state index in [1.807, 2.05) is 6.07 Å². The number of rotatable bonds is 4. The lowest BCUT2D eigenvalue weighted by Gasteiger charge is -2.60. The van der Waals surface area contributed by atoms with E-state index in [1.54, 1.807) is 12.5 Å². The van der Waals surface area contributed by atoms with Crippen molar-refractivity contribution in [3.05, 3.63) is 24.2 Å². The van der Waals surface area contributed by atoms with Crippen LogP contribution in [-0.4, -0.2) is 40.9 Å². The van der Waals surface area contributed by atoms with Crippen LogP contribution in [0.15, 0.2) is 23.0 Å². The second-order valence-corrected chi connectivity index (χ2v) is 8.66. The van der Waals surface area contributed by atoms with Crippen molar-refractivity contribution in [1.29, 1.82) is 0 Å². The Kier molecular flexibility index (Phi) is 3.91. The lowest BCUT2D eigenvalue weighted by Crippen LogP contribution is -2.68. The summed E-state index contributed by atoms with van der Waals surface area (Å²) < 4.78 is 11.0. The molecule has 4 rings (SSSR count). The fraction of sp³-hybridized carbons (Fsp3) is 0.750. The van der Waals surface area contributed by atoms with Crippen LogP contribution in [0.2, 0.25) is 0 Å². The van der Waals surface area contributed by atoms with Gasteiger partial charge in [-0.2, -0.15) is 0 Å². The minimum Gasteiger partial charge on any atom is -0.472 e. The molecule has 25 heavy (non-hydrogen) atoms.